The van der Waals surface area contributed by atoms with Crippen LogP contribution in [-0.4, -0.2) is 55.5 Å². The van der Waals surface area contributed by atoms with Crippen molar-refractivity contribution in [3.05, 3.63) is 48.3 Å². The number of nitrogens with zero attached hydrogens (tertiary/aromatic N) is 3. The van der Waals surface area contributed by atoms with E-state index in [-0.39, 0.29) is 5.91 Å². The van der Waals surface area contributed by atoms with E-state index in [1.807, 2.05) is 18.2 Å². The molecular weight excluding hydrogens is 320 g/mol. The number of anilines is 2. The van der Waals surface area contributed by atoms with E-state index in [2.05, 4.69) is 15.2 Å². The highest BCUT2D eigenvalue weighted by Crippen LogP contribution is 2.18. The lowest BCUT2D eigenvalue weighted by Gasteiger charge is -2.33. The first-order chi connectivity index (χ1) is 12.2. The Hall–Kier alpha value is -3.09. The number of pyridine rings is 1. The standard InChI is InChI=1S/C18H20N4O3/c1-25-16-4-2-3-14(11-16)20-18(24)17-6-5-15(12-19-17)22-9-7-21(13-23)8-10-22/h2-6,11-13H,7-10H2,1H3,(H,20,24). The number of aromatic nitrogens is 1. The number of piperazine rings is 1. The van der Waals surface area contributed by atoms with E-state index in [1.165, 1.54) is 0 Å². The lowest BCUT2D eigenvalue weighted by atomic mass is 10.2. The zero-order valence-corrected chi connectivity index (χ0v) is 14.0. The summed E-state index contributed by atoms with van der Waals surface area (Å²) in [6.45, 7) is 2.91. The zero-order chi connectivity index (χ0) is 17.6. The Bertz CT molecular complexity index is 740. The van der Waals surface area contributed by atoms with E-state index >= 15 is 0 Å². The number of amides is 2. The van der Waals surface area contributed by atoms with Crippen LogP contribution < -0.4 is 15.0 Å². The van der Waals surface area contributed by atoms with Crippen LogP contribution in [0.2, 0.25) is 0 Å². The van der Waals surface area contributed by atoms with E-state index in [4.69, 9.17) is 4.74 Å². The molecule has 7 heteroatoms. The molecule has 1 aliphatic rings. The second kappa shape index (κ2) is 7.65. The third-order valence-electron chi connectivity index (χ3n) is 4.14. The van der Waals surface area contributed by atoms with Crippen molar-refractivity contribution in [3.8, 4) is 5.75 Å². The van der Waals surface area contributed by atoms with Crippen molar-refractivity contribution in [1.29, 1.82) is 0 Å². The van der Waals surface area contributed by atoms with Gasteiger partial charge in [0, 0.05) is 37.9 Å². The van der Waals surface area contributed by atoms with Crippen LogP contribution in [0, 0.1) is 0 Å². The molecule has 1 aliphatic heterocycles. The number of methoxy groups -OCH3 is 1. The Morgan fingerprint density at radius 3 is 2.64 bits per heavy atom. The Morgan fingerprint density at radius 1 is 1.20 bits per heavy atom. The highest BCUT2D eigenvalue weighted by atomic mass is 16.5. The summed E-state index contributed by atoms with van der Waals surface area (Å²) in [7, 11) is 1.58. The normalized spacial score (nSPS) is 14.1. The number of carbonyl (C=O) groups excluding carboxylic acids is 2. The van der Waals surface area contributed by atoms with Crippen LogP contribution in [0.5, 0.6) is 5.75 Å². The van der Waals surface area contributed by atoms with Crippen LogP contribution >= 0.6 is 0 Å². The van der Waals surface area contributed by atoms with Gasteiger partial charge in [0.1, 0.15) is 11.4 Å². The van der Waals surface area contributed by atoms with Gasteiger partial charge in [0.15, 0.2) is 0 Å². The minimum Gasteiger partial charge on any atom is -0.497 e. The molecule has 1 N–H and O–H groups in total. The first-order valence-corrected chi connectivity index (χ1v) is 8.05. The molecule has 0 radical (unpaired) electrons. The van der Waals surface area contributed by atoms with Crippen LogP contribution in [0.4, 0.5) is 11.4 Å². The maximum Gasteiger partial charge on any atom is 0.274 e. The highest BCUT2D eigenvalue weighted by Gasteiger charge is 2.16. The van der Waals surface area contributed by atoms with Crippen molar-refractivity contribution in [3.63, 3.8) is 0 Å². The summed E-state index contributed by atoms with van der Waals surface area (Å²) < 4.78 is 5.14. The van der Waals surface area contributed by atoms with Gasteiger partial charge in [0.2, 0.25) is 6.41 Å². The summed E-state index contributed by atoms with van der Waals surface area (Å²) in [6, 6.07) is 10.7. The molecule has 0 saturated carbocycles. The Morgan fingerprint density at radius 2 is 2.00 bits per heavy atom. The topological polar surface area (TPSA) is 74.8 Å². The fourth-order valence-electron chi connectivity index (χ4n) is 2.69. The maximum absolute atomic E-state index is 12.3. The zero-order valence-electron chi connectivity index (χ0n) is 14.0. The number of rotatable bonds is 5. The molecule has 0 aliphatic carbocycles. The summed E-state index contributed by atoms with van der Waals surface area (Å²) in [5.74, 6) is 0.404. The van der Waals surface area contributed by atoms with Gasteiger partial charge in [-0.05, 0) is 24.3 Å². The molecule has 7 nitrogen and oxygen atoms in total. The lowest BCUT2D eigenvalue weighted by molar-refractivity contribution is -0.118. The monoisotopic (exact) mass is 340 g/mol. The van der Waals surface area contributed by atoms with Gasteiger partial charge in [0.25, 0.3) is 5.91 Å². The van der Waals surface area contributed by atoms with Crippen LogP contribution in [0.15, 0.2) is 42.6 Å². The van der Waals surface area contributed by atoms with E-state index in [0.29, 0.717) is 30.2 Å². The van der Waals surface area contributed by atoms with Gasteiger partial charge in [-0.15, -0.1) is 0 Å². The van der Waals surface area contributed by atoms with Gasteiger partial charge in [-0.1, -0.05) is 6.07 Å². The van der Waals surface area contributed by atoms with Crippen molar-refractivity contribution in [2.45, 2.75) is 0 Å². The van der Waals surface area contributed by atoms with Gasteiger partial charge >= 0.3 is 0 Å². The molecule has 2 amide bonds. The summed E-state index contributed by atoms with van der Waals surface area (Å²) >= 11 is 0. The second-order valence-corrected chi connectivity index (χ2v) is 5.72. The first kappa shape index (κ1) is 16.8. The van der Waals surface area contributed by atoms with Crippen molar-refractivity contribution in [2.24, 2.45) is 0 Å². The maximum atomic E-state index is 12.3. The van der Waals surface area contributed by atoms with E-state index < -0.39 is 0 Å². The molecule has 0 bridgehead atoms. The number of carbonyl (C=O) groups is 2. The highest BCUT2D eigenvalue weighted by molar-refractivity contribution is 6.03. The van der Waals surface area contributed by atoms with Gasteiger partial charge in [-0.2, -0.15) is 0 Å². The van der Waals surface area contributed by atoms with Crippen LogP contribution in [0.1, 0.15) is 10.5 Å². The third-order valence-corrected chi connectivity index (χ3v) is 4.14. The van der Waals surface area contributed by atoms with Gasteiger partial charge in [-0.25, -0.2) is 4.98 Å². The summed E-state index contributed by atoms with van der Waals surface area (Å²) in [5, 5.41) is 2.80. The van der Waals surface area contributed by atoms with Crippen LogP contribution in [0.3, 0.4) is 0 Å². The fraction of sp³-hybridized carbons (Fsp3) is 0.278. The minimum absolute atomic E-state index is 0.273. The number of hydrogen-bond acceptors (Lipinski definition) is 5. The average Bonchev–Trinajstić information content (AvgIpc) is 2.68. The molecule has 1 aromatic carbocycles. The Kier molecular flexibility index (Phi) is 5.13. The van der Waals surface area contributed by atoms with Gasteiger partial charge in [-0.3, -0.25) is 9.59 Å². The molecular formula is C18H20N4O3. The third kappa shape index (κ3) is 4.06. The Balaban J connectivity index is 1.63. The van der Waals surface area contributed by atoms with E-state index in [0.717, 1.165) is 25.2 Å². The van der Waals surface area contributed by atoms with Gasteiger partial charge in [0.05, 0.1) is 19.0 Å². The summed E-state index contributed by atoms with van der Waals surface area (Å²) in [6.07, 6.45) is 2.57. The molecule has 25 heavy (non-hydrogen) atoms. The van der Waals surface area contributed by atoms with Crippen molar-refractivity contribution in [1.82, 2.24) is 9.88 Å². The van der Waals surface area contributed by atoms with Crippen molar-refractivity contribution in [2.75, 3.05) is 43.5 Å². The molecule has 0 atom stereocenters. The minimum atomic E-state index is -0.273. The average molecular weight is 340 g/mol. The fourth-order valence-corrected chi connectivity index (χ4v) is 2.69. The quantitative estimate of drug-likeness (QED) is 0.837. The molecule has 0 unspecified atom stereocenters. The Labute approximate surface area is 146 Å². The molecule has 1 saturated heterocycles. The number of ether oxygens (including phenoxy) is 1. The number of benzene rings is 1. The number of nitrogens with one attached hydrogen (secondary N) is 1. The molecule has 0 spiro atoms. The molecule has 2 heterocycles. The SMILES string of the molecule is COc1cccc(NC(=O)c2ccc(N3CCN(C=O)CC3)cn2)c1. The van der Waals surface area contributed by atoms with E-state index in [9.17, 15) is 9.59 Å². The largest absolute Gasteiger partial charge is 0.497 e. The molecule has 130 valence electrons. The predicted octanol–water partition coefficient (Wildman–Crippen LogP) is 1.62. The molecule has 1 aromatic heterocycles. The number of hydrogen-bond donors (Lipinski definition) is 1. The summed E-state index contributed by atoms with van der Waals surface area (Å²) in [4.78, 5) is 31.2. The second-order valence-electron chi connectivity index (χ2n) is 5.72. The summed E-state index contributed by atoms with van der Waals surface area (Å²) in [5.41, 5.74) is 1.95. The lowest BCUT2D eigenvalue weighted by Crippen LogP contribution is -2.45. The molecule has 3 rings (SSSR count). The predicted molar refractivity (Wildman–Crippen MR) is 95.0 cm³/mol. The molecule has 1 fully saturated rings. The first-order valence-electron chi connectivity index (χ1n) is 8.05. The molecule has 2 aromatic rings. The van der Waals surface area contributed by atoms with Crippen molar-refractivity contribution < 1.29 is 14.3 Å². The van der Waals surface area contributed by atoms with Gasteiger partial charge < -0.3 is 19.9 Å². The van der Waals surface area contributed by atoms with Crippen LogP contribution in [0.25, 0.3) is 0 Å². The smallest absolute Gasteiger partial charge is 0.274 e. The van der Waals surface area contributed by atoms with Crippen molar-refractivity contribution >= 4 is 23.7 Å². The van der Waals surface area contributed by atoms with E-state index in [1.54, 1.807) is 36.4 Å². The van der Waals surface area contributed by atoms with Crippen LogP contribution in [-0.2, 0) is 4.79 Å².